The molecule has 0 aliphatic carbocycles. The highest BCUT2D eigenvalue weighted by Gasteiger charge is 2.18. The standard InChI is InChI=1S/C14H24N6/c1-5-11-7-12(20(6-2)18-11)8-14(16-15)13-9-19(4)17-10(13)3/h7,9,14,16H,5-6,8,15H2,1-4H3. The summed E-state index contributed by atoms with van der Waals surface area (Å²) in [6, 6.07) is 2.22. The number of rotatable bonds is 6. The molecule has 0 amide bonds. The van der Waals surface area contributed by atoms with Crippen LogP contribution in [0.5, 0.6) is 0 Å². The first-order chi connectivity index (χ1) is 9.58. The molecule has 0 aliphatic rings. The van der Waals surface area contributed by atoms with Crippen molar-refractivity contribution in [1.82, 2.24) is 25.0 Å². The number of hydrogen-bond donors (Lipinski definition) is 2. The van der Waals surface area contributed by atoms with E-state index in [2.05, 4.69) is 40.2 Å². The summed E-state index contributed by atoms with van der Waals surface area (Å²) in [5.74, 6) is 5.74. The van der Waals surface area contributed by atoms with Crippen LogP contribution >= 0.6 is 0 Å². The fraction of sp³-hybridized carbons (Fsp3) is 0.571. The van der Waals surface area contributed by atoms with Gasteiger partial charge in [-0.25, -0.2) is 0 Å². The highest BCUT2D eigenvalue weighted by molar-refractivity contribution is 5.23. The van der Waals surface area contributed by atoms with Crippen molar-refractivity contribution in [1.29, 1.82) is 0 Å². The van der Waals surface area contributed by atoms with Gasteiger partial charge in [0, 0.05) is 37.5 Å². The van der Waals surface area contributed by atoms with E-state index in [1.807, 2.05) is 24.9 Å². The Kier molecular flexibility index (Phi) is 4.57. The maximum atomic E-state index is 5.74. The van der Waals surface area contributed by atoms with E-state index in [0.29, 0.717) is 0 Å². The predicted molar refractivity (Wildman–Crippen MR) is 79.0 cm³/mol. The average molecular weight is 276 g/mol. The summed E-state index contributed by atoms with van der Waals surface area (Å²) in [5, 5.41) is 8.97. The molecule has 0 aliphatic heterocycles. The lowest BCUT2D eigenvalue weighted by molar-refractivity contribution is 0.514. The second kappa shape index (κ2) is 6.19. The van der Waals surface area contributed by atoms with Gasteiger partial charge in [0.2, 0.25) is 0 Å². The lowest BCUT2D eigenvalue weighted by Gasteiger charge is -2.15. The van der Waals surface area contributed by atoms with Crippen molar-refractivity contribution < 1.29 is 0 Å². The molecule has 0 radical (unpaired) electrons. The Morgan fingerprint density at radius 2 is 2.10 bits per heavy atom. The van der Waals surface area contributed by atoms with Gasteiger partial charge in [-0.2, -0.15) is 10.2 Å². The maximum Gasteiger partial charge on any atom is 0.0642 e. The summed E-state index contributed by atoms with van der Waals surface area (Å²) in [7, 11) is 1.93. The van der Waals surface area contributed by atoms with E-state index >= 15 is 0 Å². The van der Waals surface area contributed by atoms with Crippen molar-refractivity contribution in [2.75, 3.05) is 0 Å². The van der Waals surface area contributed by atoms with Crippen LogP contribution in [0.4, 0.5) is 0 Å². The first-order valence-corrected chi connectivity index (χ1v) is 7.10. The third-order valence-corrected chi connectivity index (χ3v) is 3.62. The van der Waals surface area contributed by atoms with Crippen LogP contribution in [0, 0.1) is 6.92 Å². The number of hydrazine groups is 1. The van der Waals surface area contributed by atoms with Crippen LogP contribution < -0.4 is 11.3 Å². The zero-order chi connectivity index (χ0) is 14.7. The predicted octanol–water partition coefficient (Wildman–Crippen LogP) is 1.25. The number of hydrogen-bond acceptors (Lipinski definition) is 4. The molecule has 0 bridgehead atoms. The van der Waals surface area contributed by atoms with Gasteiger partial charge in [0.15, 0.2) is 0 Å². The van der Waals surface area contributed by atoms with Crippen molar-refractivity contribution in [3.05, 3.63) is 34.9 Å². The topological polar surface area (TPSA) is 73.7 Å². The number of nitrogens with two attached hydrogens (primary N) is 1. The smallest absolute Gasteiger partial charge is 0.0642 e. The largest absolute Gasteiger partial charge is 0.275 e. The van der Waals surface area contributed by atoms with Gasteiger partial charge in [0.1, 0.15) is 0 Å². The fourth-order valence-electron chi connectivity index (χ4n) is 2.55. The molecular formula is C14H24N6. The first kappa shape index (κ1) is 14.7. The molecule has 1 unspecified atom stereocenters. The molecule has 110 valence electrons. The van der Waals surface area contributed by atoms with Gasteiger partial charge < -0.3 is 0 Å². The number of nitrogens with one attached hydrogen (secondary N) is 1. The van der Waals surface area contributed by atoms with E-state index in [0.717, 1.165) is 36.3 Å². The van der Waals surface area contributed by atoms with Gasteiger partial charge in [-0.05, 0) is 26.3 Å². The zero-order valence-electron chi connectivity index (χ0n) is 12.7. The van der Waals surface area contributed by atoms with Crippen molar-refractivity contribution in [3.8, 4) is 0 Å². The number of aryl methyl sites for hydroxylation is 4. The molecule has 2 aromatic heterocycles. The molecule has 2 rings (SSSR count). The van der Waals surface area contributed by atoms with Crippen LogP contribution in [0.3, 0.4) is 0 Å². The van der Waals surface area contributed by atoms with Gasteiger partial charge >= 0.3 is 0 Å². The Balaban J connectivity index is 2.26. The van der Waals surface area contributed by atoms with Gasteiger partial charge in [-0.15, -0.1) is 0 Å². The summed E-state index contributed by atoms with van der Waals surface area (Å²) >= 11 is 0. The minimum Gasteiger partial charge on any atom is -0.275 e. The maximum absolute atomic E-state index is 5.74. The summed E-state index contributed by atoms with van der Waals surface area (Å²) in [5.41, 5.74) is 7.38. The molecule has 0 fully saturated rings. The first-order valence-electron chi connectivity index (χ1n) is 7.10. The molecule has 20 heavy (non-hydrogen) atoms. The lowest BCUT2D eigenvalue weighted by atomic mass is 10.0. The molecule has 2 heterocycles. The molecule has 2 aromatic rings. The second-order valence-corrected chi connectivity index (χ2v) is 5.06. The minimum absolute atomic E-state index is 0.0513. The Morgan fingerprint density at radius 1 is 1.35 bits per heavy atom. The van der Waals surface area contributed by atoms with Crippen LogP contribution in [-0.2, 0) is 26.4 Å². The third kappa shape index (κ3) is 2.91. The highest BCUT2D eigenvalue weighted by atomic mass is 15.3. The van der Waals surface area contributed by atoms with E-state index in [-0.39, 0.29) is 6.04 Å². The summed E-state index contributed by atoms with van der Waals surface area (Å²) in [4.78, 5) is 0. The highest BCUT2D eigenvalue weighted by Crippen LogP contribution is 2.21. The molecule has 1 atom stereocenters. The molecule has 0 saturated heterocycles. The molecular weight excluding hydrogens is 252 g/mol. The summed E-state index contributed by atoms with van der Waals surface area (Å²) in [6.45, 7) is 7.11. The molecule has 0 aromatic carbocycles. The molecule has 6 heteroatoms. The SMILES string of the molecule is CCc1cc(CC(NN)c2cn(C)nc2C)n(CC)n1. The fourth-order valence-corrected chi connectivity index (χ4v) is 2.55. The van der Waals surface area contributed by atoms with Crippen LogP contribution in [0.25, 0.3) is 0 Å². The zero-order valence-corrected chi connectivity index (χ0v) is 12.7. The van der Waals surface area contributed by atoms with E-state index in [4.69, 9.17) is 5.84 Å². The van der Waals surface area contributed by atoms with Crippen LogP contribution in [0.15, 0.2) is 12.3 Å². The third-order valence-electron chi connectivity index (χ3n) is 3.62. The second-order valence-electron chi connectivity index (χ2n) is 5.06. The Hall–Kier alpha value is -1.66. The Bertz CT molecular complexity index is 568. The summed E-state index contributed by atoms with van der Waals surface area (Å²) < 4.78 is 3.87. The normalized spacial score (nSPS) is 12.8. The Morgan fingerprint density at radius 3 is 2.60 bits per heavy atom. The average Bonchev–Trinajstić information content (AvgIpc) is 2.98. The van der Waals surface area contributed by atoms with E-state index < -0.39 is 0 Å². The molecule has 6 nitrogen and oxygen atoms in total. The molecule has 0 spiro atoms. The van der Waals surface area contributed by atoms with Crippen molar-refractivity contribution >= 4 is 0 Å². The number of nitrogens with zero attached hydrogens (tertiary/aromatic N) is 4. The van der Waals surface area contributed by atoms with Crippen LogP contribution in [0.2, 0.25) is 0 Å². The lowest BCUT2D eigenvalue weighted by Crippen LogP contribution is -2.30. The monoisotopic (exact) mass is 276 g/mol. The van der Waals surface area contributed by atoms with Crippen molar-refractivity contribution in [2.24, 2.45) is 12.9 Å². The van der Waals surface area contributed by atoms with Gasteiger partial charge in [-0.3, -0.25) is 20.6 Å². The minimum atomic E-state index is 0.0513. The molecule has 0 saturated carbocycles. The van der Waals surface area contributed by atoms with Crippen molar-refractivity contribution in [2.45, 2.75) is 46.2 Å². The van der Waals surface area contributed by atoms with Gasteiger partial charge in [0.05, 0.1) is 17.4 Å². The van der Waals surface area contributed by atoms with Crippen LogP contribution in [-0.4, -0.2) is 19.6 Å². The van der Waals surface area contributed by atoms with Gasteiger partial charge in [0.25, 0.3) is 0 Å². The quantitative estimate of drug-likeness (QED) is 0.615. The number of aromatic nitrogens is 4. The van der Waals surface area contributed by atoms with Crippen molar-refractivity contribution in [3.63, 3.8) is 0 Å². The van der Waals surface area contributed by atoms with E-state index in [9.17, 15) is 0 Å². The summed E-state index contributed by atoms with van der Waals surface area (Å²) in [6.07, 6.45) is 3.78. The molecule has 3 N–H and O–H groups in total. The Labute approximate surface area is 119 Å². The van der Waals surface area contributed by atoms with E-state index in [1.165, 1.54) is 5.69 Å². The van der Waals surface area contributed by atoms with Crippen LogP contribution in [0.1, 0.15) is 42.5 Å². The van der Waals surface area contributed by atoms with E-state index in [1.54, 1.807) is 0 Å². The van der Waals surface area contributed by atoms with Gasteiger partial charge in [-0.1, -0.05) is 6.92 Å².